The van der Waals surface area contributed by atoms with Gasteiger partial charge in [0.2, 0.25) is 0 Å². The molecule has 0 heterocycles. The van der Waals surface area contributed by atoms with E-state index in [1.54, 1.807) is 0 Å². The lowest BCUT2D eigenvalue weighted by Gasteiger charge is -2.46. The molecule has 8 unspecified atom stereocenters. The predicted molar refractivity (Wildman–Crippen MR) is 143 cm³/mol. The van der Waals surface area contributed by atoms with Crippen molar-refractivity contribution >= 4 is 0 Å². The summed E-state index contributed by atoms with van der Waals surface area (Å²) in [4.78, 5) is 0. The first-order valence-corrected chi connectivity index (χ1v) is 13.6. The fourth-order valence-electron chi connectivity index (χ4n) is 6.84. The molecule has 2 heteroatoms. The summed E-state index contributed by atoms with van der Waals surface area (Å²) in [6.07, 6.45) is 24.4. The first kappa shape index (κ1) is 25.0. The minimum atomic E-state index is -0.203. The topological polar surface area (TPSA) is 29.5 Å². The van der Waals surface area contributed by atoms with Gasteiger partial charge in [0.1, 0.15) is 5.75 Å². The maximum absolute atomic E-state index is 11.6. The van der Waals surface area contributed by atoms with E-state index in [9.17, 15) is 5.11 Å². The highest BCUT2D eigenvalue weighted by molar-refractivity contribution is 5.32. The quantitative estimate of drug-likeness (QED) is 0.297. The second-order valence-corrected chi connectivity index (χ2v) is 11.2. The van der Waals surface area contributed by atoms with E-state index >= 15 is 0 Å². The van der Waals surface area contributed by atoms with Crippen molar-refractivity contribution in [3.8, 4) is 5.75 Å². The zero-order chi connectivity index (χ0) is 23.9. The van der Waals surface area contributed by atoms with Crippen LogP contribution >= 0.6 is 0 Å². The zero-order valence-electron chi connectivity index (χ0n) is 21.2. The number of hydrogen-bond acceptors (Lipinski definition) is 2. The van der Waals surface area contributed by atoms with Gasteiger partial charge in [-0.2, -0.15) is 0 Å². The standard InChI is InChI=1S/C32H44O2/c1-4-34-29-18-10-16-27(21-29)30-22-28(17-9-14-25-12-6-5-7-13-25)32(33)31(24(30)3)20-26-15-8-11-23(2)19-26/h4-8,10,12,15-16,18,21,23-26,28,30-33H,1,9,11,13-14,17,19-20,22H2,2-3H3. The molecular weight excluding hydrogens is 416 g/mol. The van der Waals surface area contributed by atoms with Crippen molar-refractivity contribution in [1.82, 2.24) is 0 Å². The van der Waals surface area contributed by atoms with Crippen molar-refractivity contribution in [2.24, 2.45) is 35.5 Å². The van der Waals surface area contributed by atoms with Crippen LogP contribution < -0.4 is 4.74 Å². The van der Waals surface area contributed by atoms with E-state index in [1.165, 1.54) is 37.5 Å². The first-order chi connectivity index (χ1) is 16.5. The Balaban J connectivity index is 1.50. The number of hydrogen-bond donors (Lipinski definition) is 1. The number of aliphatic hydroxyl groups is 1. The second kappa shape index (κ2) is 12.1. The van der Waals surface area contributed by atoms with Crippen LogP contribution in [0.3, 0.4) is 0 Å². The average Bonchev–Trinajstić information content (AvgIpc) is 2.84. The molecule has 0 aliphatic heterocycles. The van der Waals surface area contributed by atoms with Crippen LogP contribution in [-0.2, 0) is 0 Å². The number of rotatable bonds is 9. The van der Waals surface area contributed by atoms with E-state index in [0.29, 0.717) is 35.5 Å². The molecule has 1 fully saturated rings. The molecule has 34 heavy (non-hydrogen) atoms. The molecule has 4 rings (SSSR count). The Morgan fingerprint density at radius 2 is 1.91 bits per heavy atom. The second-order valence-electron chi connectivity index (χ2n) is 11.2. The Morgan fingerprint density at radius 3 is 2.68 bits per heavy atom. The van der Waals surface area contributed by atoms with Crippen molar-refractivity contribution in [3.05, 3.63) is 79.1 Å². The Kier molecular flexibility index (Phi) is 8.89. The molecule has 1 N–H and O–H groups in total. The third kappa shape index (κ3) is 6.33. The summed E-state index contributed by atoms with van der Waals surface area (Å²) in [6, 6.07) is 8.55. The summed E-state index contributed by atoms with van der Waals surface area (Å²) in [7, 11) is 0. The fourth-order valence-corrected chi connectivity index (χ4v) is 6.84. The van der Waals surface area contributed by atoms with Gasteiger partial charge in [0.05, 0.1) is 12.4 Å². The van der Waals surface area contributed by atoms with Gasteiger partial charge in [0.15, 0.2) is 0 Å². The number of ether oxygens (including phenoxy) is 1. The van der Waals surface area contributed by atoms with Crippen LogP contribution in [0, 0.1) is 35.5 Å². The minimum absolute atomic E-state index is 0.203. The molecule has 0 aromatic heterocycles. The Labute approximate surface area is 207 Å². The lowest BCUT2D eigenvalue weighted by Crippen LogP contribution is -2.43. The van der Waals surface area contributed by atoms with Crippen LogP contribution in [0.25, 0.3) is 0 Å². The molecule has 0 radical (unpaired) electrons. The van der Waals surface area contributed by atoms with Gasteiger partial charge >= 0.3 is 0 Å². The smallest absolute Gasteiger partial charge is 0.126 e. The molecular formula is C32H44O2. The van der Waals surface area contributed by atoms with Gasteiger partial charge in [-0.1, -0.05) is 75.4 Å². The summed E-state index contributed by atoms with van der Waals surface area (Å²) in [5.41, 5.74) is 1.35. The van der Waals surface area contributed by atoms with Crippen LogP contribution in [0.1, 0.15) is 76.7 Å². The molecule has 1 aromatic rings. The average molecular weight is 461 g/mol. The molecule has 0 saturated heterocycles. The highest BCUT2D eigenvalue weighted by Crippen LogP contribution is 2.49. The Bertz CT molecular complexity index is 881. The molecule has 8 atom stereocenters. The Hall–Kier alpha value is -2.06. The van der Waals surface area contributed by atoms with E-state index in [1.807, 2.05) is 6.07 Å². The van der Waals surface area contributed by atoms with Crippen molar-refractivity contribution in [3.63, 3.8) is 0 Å². The van der Waals surface area contributed by atoms with E-state index < -0.39 is 0 Å². The summed E-state index contributed by atoms with van der Waals surface area (Å²) >= 11 is 0. The predicted octanol–water partition coefficient (Wildman–Crippen LogP) is 8.22. The summed E-state index contributed by atoms with van der Waals surface area (Å²) in [6.45, 7) is 8.46. The maximum Gasteiger partial charge on any atom is 0.126 e. The van der Waals surface area contributed by atoms with Crippen molar-refractivity contribution < 1.29 is 9.84 Å². The van der Waals surface area contributed by atoms with E-state index in [0.717, 1.165) is 37.4 Å². The summed E-state index contributed by atoms with van der Waals surface area (Å²) in [5, 5.41) is 11.6. The van der Waals surface area contributed by atoms with Gasteiger partial charge in [-0.15, -0.1) is 0 Å². The third-order valence-electron chi connectivity index (χ3n) is 8.74. The highest BCUT2D eigenvalue weighted by atomic mass is 16.5. The fraction of sp³-hybridized carbons (Fsp3) is 0.562. The molecule has 1 saturated carbocycles. The normalized spacial score (nSPS) is 35.3. The van der Waals surface area contributed by atoms with Gasteiger partial charge < -0.3 is 9.84 Å². The van der Waals surface area contributed by atoms with Crippen molar-refractivity contribution in [2.45, 2.75) is 77.2 Å². The maximum atomic E-state index is 11.6. The Morgan fingerprint density at radius 1 is 1.03 bits per heavy atom. The molecule has 0 amide bonds. The van der Waals surface area contributed by atoms with Crippen LogP contribution in [-0.4, -0.2) is 11.2 Å². The number of allylic oxidation sites excluding steroid dienone is 6. The van der Waals surface area contributed by atoms with E-state index in [2.05, 4.69) is 75.1 Å². The van der Waals surface area contributed by atoms with Crippen LogP contribution in [0.2, 0.25) is 0 Å². The molecule has 0 spiro atoms. The lowest BCUT2D eigenvalue weighted by atomic mass is 9.61. The summed E-state index contributed by atoms with van der Waals surface area (Å²) < 4.78 is 5.61. The van der Waals surface area contributed by atoms with Crippen LogP contribution in [0.5, 0.6) is 5.75 Å². The van der Waals surface area contributed by atoms with Gasteiger partial charge in [-0.05, 0) is 104 Å². The molecule has 3 aliphatic rings. The van der Waals surface area contributed by atoms with E-state index in [-0.39, 0.29) is 6.10 Å². The van der Waals surface area contributed by atoms with Crippen LogP contribution in [0.15, 0.2) is 73.6 Å². The third-order valence-corrected chi connectivity index (χ3v) is 8.74. The monoisotopic (exact) mass is 460 g/mol. The van der Waals surface area contributed by atoms with Gasteiger partial charge in [0, 0.05) is 0 Å². The molecule has 184 valence electrons. The van der Waals surface area contributed by atoms with Gasteiger partial charge in [-0.3, -0.25) is 0 Å². The molecule has 0 bridgehead atoms. The molecule has 3 aliphatic carbocycles. The SMILES string of the molecule is C=COc1cccc(C2CC(CCCC3C=CC=CC3)C(O)C(CC3C=CCC(C)C3)C2C)c1. The minimum Gasteiger partial charge on any atom is -0.466 e. The highest BCUT2D eigenvalue weighted by Gasteiger charge is 2.42. The van der Waals surface area contributed by atoms with Crippen molar-refractivity contribution in [1.29, 1.82) is 0 Å². The number of benzene rings is 1. The van der Waals surface area contributed by atoms with Gasteiger partial charge in [-0.25, -0.2) is 0 Å². The largest absolute Gasteiger partial charge is 0.466 e. The van der Waals surface area contributed by atoms with Gasteiger partial charge in [0.25, 0.3) is 0 Å². The summed E-state index contributed by atoms with van der Waals surface area (Å²) in [5.74, 6) is 4.48. The van der Waals surface area contributed by atoms with Crippen molar-refractivity contribution in [2.75, 3.05) is 0 Å². The van der Waals surface area contributed by atoms with E-state index in [4.69, 9.17) is 4.74 Å². The first-order valence-electron chi connectivity index (χ1n) is 13.6. The van der Waals surface area contributed by atoms with Crippen LogP contribution in [0.4, 0.5) is 0 Å². The molecule has 2 nitrogen and oxygen atoms in total. The molecule has 1 aromatic carbocycles. The number of aliphatic hydroxyl groups excluding tert-OH is 1. The lowest BCUT2D eigenvalue weighted by molar-refractivity contribution is -0.0333. The zero-order valence-corrected chi connectivity index (χ0v) is 21.2.